The minimum atomic E-state index is 0.954. The van der Waals surface area contributed by atoms with Crippen molar-refractivity contribution in [1.82, 2.24) is 0 Å². The Morgan fingerprint density at radius 2 is 0.643 bits per heavy atom. The smallest absolute Gasteiger partial charge is 0.00203 e. The molecule has 0 N–H and O–H groups in total. The van der Waals surface area contributed by atoms with E-state index in [-0.39, 0.29) is 0 Å². The number of hydrogen-bond donors (Lipinski definition) is 0. The SMILES string of the molecule is c1ccc(Cc2ccc(-c3ccc4ccc5c(-c6ccc(Cc7ccccc7)cc6)ccc6ccc3c4c65)cc2)cc1. The van der Waals surface area contributed by atoms with E-state index in [9.17, 15) is 0 Å². The van der Waals surface area contributed by atoms with Crippen molar-refractivity contribution in [2.45, 2.75) is 12.8 Å². The van der Waals surface area contributed by atoms with Crippen molar-refractivity contribution >= 4 is 32.3 Å². The largest absolute Gasteiger partial charge is 0.0622 e. The summed E-state index contributed by atoms with van der Waals surface area (Å²) < 4.78 is 0. The van der Waals surface area contributed by atoms with Gasteiger partial charge in [0.05, 0.1) is 0 Å². The van der Waals surface area contributed by atoms with Crippen LogP contribution in [0.15, 0.2) is 158 Å². The molecule has 0 aliphatic rings. The second-order valence-electron chi connectivity index (χ2n) is 11.4. The van der Waals surface area contributed by atoms with Gasteiger partial charge in [-0.3, -0.25) is 0 Å². The van der Waals surface area contributed by atoms with Crippen LogP contribution in [-0.4, -0.2) is 0 Å². The summed E-state index contributed by atoms with van der Waals surface area (Å²) in [6.45, 7) is 0. The molecule has 8 rings (SSSR count). The van der Waals surface area contributed by atoms with Gasteiger partial charge in [0, 0.05) is 0 Å². The monoisotopic (exact) mass is 534 g/mol. The highest BCUT2D eigenvalue weighted by atomic mass is 14.2. The highest BCUT2D eigenvalue weighted by Gasteiger charge is 2.15. The lowest BCUT2D eigenvalue weighted by atomic mass is 9.87. The zero-order valence-corrected chi connectivity index (χ0v) is 23.4. The van der Waals surface area contributed by atoms with Gasteiger partial charge < -0.3 is 0 Å². The van der Waals surface area contributed by atoms with E-state index in [1.54, 1.807) is 0 Å². The third-order valence-electron chi connectivity index (χ3n) is 8.70. The van der Waals surface area contributed by atoms with Gasteiger partial charge in [0.15, 0.2) is 0 Å². The fourth-order valence-corrected chi connectivity index (χ4v) is 6.57. The standard InChI is InChI=1S/C42H30/c1-3-7-29(8-4-1)27-31-11-15-33(16-12-31)37-23-19-35-22-26-40-38(24-20-36-21-25-39(37)41(35)42(36)40)34-17-13-32(14-18-34)28-30-9-5-2-6-10-30/h1-26H,27-28H2. The maximum Gasteiger partial charge on any atom is -0.00203 e. The zero-order chi connectivity index (χ0) is 27.9. The summed E-state index contributed by atoms with van der Waals surface area (Å²) in [4.78, 5) is 0. The lowest BCUT2D eigenvalue weighted by Gasteiger charge is -2.17. The first-order chi connectivity index (χ1) is 20.8. The Morgan fingerprint density at radius 3 is 1.05 bits per heavy atom. The highest BCUT2D eigenvalue weighted by Crippen LogP contribution is 2.42. The van der Waals surface area contributed by atoms with Gasteiger partial charge in [0.25, 0.3) is 0 Å². The van der Waals surface area contributed by atoms with Gasteiger partial charge in [-0.25, -0.2) is 0 Å². The van der Waals surface area contributed by atoms with Gasteiger partial charge in [-0.1, -0.05) is 158 Å². The fraction of sp³-hybridized carbons (Fsp3) is 0.0476. The van der Waals surface area contributed by atoms with E-state index in [4.69, 9.17) is 0 Å². The molecule has 8 aromatic rings. The zero-order valence-electron chi connectivity index (χ0n) is 23.4. The molecule has 0 aromatic heterocycles. The molecule has 0 fully saturated rings. The van der Waals surface area contributed by atoms with Gasteiger partial charge in [0.2, 0.25) is 0 Å². The molecule has 0 heterocycles. The Bertz CT molecular complexity index is 1980. The molecule has 0 aliphatic heterocycles. The van der Waals surface area contributed by atoms with Crippen LogP contribution in [0.3, 0.4) is 0 Å². The van der Waals surface area contributed by atoms with Crippen molar-refractivity contribution in [1.29, 1.82) is 0 Å². The Balaban J connectivity index is 1.19. The van der Waals surface area contributed by atoms with Crippen molar-refractivity contribution < 1.29 is 0 Å². The Morgan fingerprint density at radius 1 is 0.286 bits per heavy atom. The molecule has 0 spiro atoms. The minimum Gasteiger partial charge on any atom is -0.0622 e. The third-order valence-corrected chi connectivity index (χ3v) is 8.70. The Hall–Kier alpha value is -5.20. The first kappa shape index (κ1) is 24.6. The molecule has 0 unspecified atom stereocenters. The normalized spacial score (nSPS) is 11.5. The molecule has 0 aliphatic carbocycles. The predicted octanol–water partition coefficient (Wildman–Crippen LogP) is 11.1. The van der Waals surface area contributed by atoms with E-state index >= 15 is 0 Å². The van der Waals surface area contributed by atoms with E-state index in [1.807, 2.05) is 0 Å². The molecule has 0 heteroatoms. The van der Waals surface area contributed by atoms with Gasteiger partial charge in [-0.2, -0.15) is 0 Å². The van der Waals surface area contributed by atoms with Crippen LogP contribution in [0.25, 0.3) is 54.6 Å². The van der Waals surface area contributed by atoms with Crippen molar-refractivity contribution in [3.05, 3.63) is 180 Å². The molecule has 0 amide bonds. The highest BCUT2D eigenvalue weighted by molar-refractivity contribution is 6.27. The van der Waals surface area contributed by atoms with E-state index in [2.05, 4.69) is 158 Å². The van der Waals surface area contributed by atoms with Gasteiger partial charge in [-0.05, 0) is 89.7 Å². The number of rotatable bonds is 6. The second kappa shape index (κ2) is 10.3. The van der Waals surface area contributed by atoms with Crippen LogP contribution in [0.5, 0.6) is 0 Å². The van der Waals surface area contributed by atoms with Gasteiger partial charge in [0.1, 0.15) is 0 Å². The van der Waals surface area contributed by atoms with Gasteiger partial charge in [-0.15, -0.1) is 0 Å². The van der Waals surface area contributed by atoms with Crippen LogP contribution in [0.2, 0.25) is 0 Å². The van der Waals surface area contributed by atoms with Crippen LogP contribution in [0.4, 0.5) is 0 Å². The topological polar surface area (TPSA) is 0 Å². The van der Waals surface area contributed by atoms with Crippen LogP contribution >= 0.6 is 0 Å². The van der Waals surface area contributed by atoms with Crippen molar-refractivity contribution in [2.24, 2.45) is 0 Å². The van der Waals surface area contributed by atoms with Crippen LogP contribution < -0.4 is 0 Å². The molecule has 0 saturated heterocycles. The van der Waals surface area contributed by atoms with E-state index in [0.717, 1.165) is 12.8 Å². The maximum atomic E-state index is 2.31. The van der Waals surface area contributed by atoms with Crippen molar-refractivity contribution in [3.8, 4) is 22.3 Å². The second-order valence-corrected chi connectivity index (χ2v) is 11.4. The summed E-state index contributed by atoms with van der Waals surface area (Å²) in [5.74, 6) is 0. The average Bonchev–Trinajstić information content (AvgIpc) is 3.05. The predicted molar refractivity (Wildman–Crippen MR) is 180 cm³/mol. The van der Waals surface area contributed by atoms with Crippen LogP contribution in [0.1, 0.15) is 22.3 Å². The summed E-state index contributed by atoms with van der Waals surface area (Å²) in [6.07, 6.45) is 1.91. The Kier molecular flexibility index (Phi) is 6.04. The van der Waals surface area contributed by atoms with E-state index in [0.29, 0.717) is 0 Å². The first-order valence-corrected chi connectivity index (χ1v) is 14.8. The van der Waals surface area contributed by atoms with Gasteiger partial charge >= 0.3 is 0 Å². The molecule has 0 atom stereocenters. The molecule has 42 heavy (non-hydrogen) atoms. The molecule has 0 radical (unpaired) electrons. The molecular weight excluding hydrogens is 504 g/mol. The summed E-state index contributed by atoms with van der Waals surface area (Å²) >= 11 is 0. The third kappa shape index (κ3) is 4.42. The van der Waals surface area contributed by atoms with E-state index in [1.165, 1.54) is 76.8 Å². The van der Waals surface area contributed by atoms with Crippen molar-refractivity contribution in [3.63, 3.8) is 0 Å². The maximum absolute atomic E-state index is 2.31. The summed E-state index contributed by atoms with van der Waals surface area (Å²) in [7, 11) is 0. The lowest BCUT2D eigenvalue weighted by molar-refractivity contribution is 1.19. The van der Waals surface area contributed by atoms with E-state index < -0.39 is 0 Å². The quantitative estimate of drug-likeness (QED) is 0.186. The Labute approximate surface area is 246 Å². The molecule has 0 saturated carbocycles. The molecule has 0 nitrogen and oxygen atoms in total. The summed E-state index contributed by atoms with van der Waals surface area (Å²) in [6, 6.07) is 58.0. The van der Waals surface area contributed by atoms with Crippen LogP contribution in [0, 0.1) is 0 Å². The minimum absolute atomic E-state index is 0.954. The number of benzene rings is 8. The molecule has 8 aromatic carbocycles. The van der Waals surface area contributed by atoms with Crippen molar-refractivity contribution in [2.75, 3.05) is 0 Å². The molecule has 0 bridgehead atoms. The fourth-order valence-electron chi connectivity index (χ4n) is 6.57. The van der Waals surface area contributed by atoms with Crippen LogP contribution in [-0.2, 0) is 12.8 Å². The first-order valence-electron chi connectivity index (χ1n) is 14.8. The molecule has 198 valence electrons. The summed E-state index contributed by atoms with van der Waals surface area (Å²) in [5, 5.41) is 7.94. The average molecular weight is 535 g/mol. The number of hydrogen-bond acceptors (Lipinski definition) is 0. The lowest BCUT2D eigenvalue weighted by Crippen LogP contribution is -1.91. The molecular formula is C42H30. The summed E-state index contributed by atoms with van der Waals surface area (Å²) in [5.41, 5.74) is 10.5.